The molecule has 6 nitrogen and oxygen atoms in total. The molecule has 3 rings (SSSR count). The van der Waals surface area contributed by atoms with Crippen LogP contribution in [0.15, 0.2) is 36.7 Å². The van der Waals surface area contributed by atoms with Crippen molar-refractivity contribution in [2.45, 2.75) is 6.23 Å². The van der Waals surface area contributed by atoms with Crippen LogP contribution in [0.3, 0.4) is 0 Å². The van der Waals surface area contributed by atoms with Crippen LogP contribution >= 0.6 is 11.6 Å². The van der Waals surface area contributed by atoms with E-state index < -0.39 is 0 Å². The van der Waals surface area contributed by atoms with Gasteiger partial charge in [-0.2, -0.15) is 9.97 Å². The Kier molecular flexibility index (Phi) is 3.72. The summed E-state index contributed by atoms with van der Waals surface area (Å²) in [7, 11) is 3.41. The van der Waals surface area contributed by atoms with E-state index in [4.69, 9.17) is 16.3 Å². The third kappa shape index (κ3) is 2.43. The summed E-state index contributed by atoms with van der Waals surface area (Å²) in [6.07, 6.45) is 1.35. The molecule has 0 fully saturated rings. The van der Waals surface area contributed by atoms with Gasteiger partial charge in [-0.05, 0) is 11.6 Å². The number of hydrogen-bond acceptors (Lipinski definition) is 5. The summed E-state index contributed by atoms with van der Waals surface area (Å²) in [4.78, 5) is 12.8. The van der Waals surface area contributed by atoms with Gasteiger partial charge < -0.3 is 10.1 Å². The summed E-state index contributed by atoms with van der Waals surface area (Å²) >= 11 is 5.98. The molecule has 0 amide bonds. The minimum Gasteiger partial charge on any atom is -0.371 e. The van der Waals surface area contributed by atoms with Crippen molar-refractivity contribution >= 4 is 28.6 Å². The van der Waals surface area contributed by atoms with E-state index in [1.807, 2.05) is 34.9 Å². The molecule has 2 heterocycles. The molecule has 108 valence electrons. The van der Waals surface area contributed by atoms with Crippen molar-refractivity contribution in [2.24, 2.45) is 0 Å². The lowest BCUT2D eigenvalue weighted by Crippen LogP contribution is -2.12. The predicted molar refractivity (Wildman–Crippen MR) is 81.5 cm³/mol. The van der Waals surface area contributed by atoms with Crippen molar-refractivity contribution in [2.75, 3.05) is 19.5 Å². The average Bonchev–Trinajstić information content (AvgIpc) is 2.92. The number of aromatic nitrogens is 4. The molecule has 0 saturated carbocycles. The van der Waals surface area contributed by atoms with Crippen molar-refractivity contribution in [3.8, 4) is 0 Å². The van der Waals surface area contributed by atoms with E-state index >= 15 is 0 Å². The molecule has 7 heteroatoms. The van der Waals surface area contributed by atoms with Gasteiger partial charge in [-0.25, -0.2) is 4.98 Å². The van der Waals surface area contributed by atoms with Crippen LogP contribution in [0.25, 0.3) is 11.2 Å². The molecule has 0 radical (unpaired) electrons. The van der Waals surface area contributed by atoms with Crippen LogP contribution in [0.5, 0.6) is 0 Å². The number of rotatable bonds is 4. The molecule has 0 aliphatic carbocycles. The summed E-state index contributed by atoms with van der Waals surface area (Å²) in [5.41, 5.74) is 2.27. The molecule has 0 bridgehead atoms. The van der Waals surface area contributed by atoms with E-state index in [1.165, 1.54) is 0 Å². The molecule has 0 aliphatic rings. The second kappa shape index (κ2) is 5.67. The van der Waals surface area contributed by atoms with Gasteiger partial charge in [-0.3, -0.25) is 4.57 Å². The van der Waals surface area contributed by atoms with Gasteiger partial charge in [0.15, 0.2) is 23.2 Å². The van der Waals surface area contributed by atoms with Crippen LogP contribution < -0.4 is 5.32 Å². The first kappa shape index (κ1) is 13.8. The predicted octanol–water partition coefficient (Wildman–Crippen LogP) is 2.71. The zero-order chi connectivity index (χ0) is 14.8. The largest absolute Gasteiger partial charge is 0.371 e. The third-order valence-corrected chi connectivity index (χ3v) is 3.36. The number of benzene rings is 1. The number of fused-ring (bicyclic) bond motifs is 1. The minimum atomic E-state index is -0.327. The van der Waals surface area contributed by atoms with E-state index in [1.54, 1.807) is 20.5 Å². The van der Waals surface area contributed by atoms with Crippen molar-refractivity contribution in [3.63, 3.8) is 0 Å². The summed E-state index contributed by atoms with van der Waals surface area (Å²) in [5.74, 6) is 0.590. The van der Waals surface area contributed by atoms with Crippen molar-refractivity contribution in [1.29, 1.82) is 0 Å². The second-order valence-electron chi connectivity index (χ2n) is 4.41. The summed E-state index contributed by atoms with van der Waals surface area (Å²) in [6, 6.07) is 9.85. The lowest BCUT2D eigenvalue weighted by Gasteiger charge is -2.17. The Morgan fingerprint density at radius 3 is 2.67 bits per heavy atom. The number of methoxy groups -OCH3 is 1. The highest BCUT2D eigenvalue weighted by Crippen LogP contribution is 2.26. The molecular formula is C14H14ClN5O. The van der Waals surface area contributed by atoms with Gasteiger partial charge in [0.2, 0.25) is 5.28 Å². The summed E-state index contributed by atoms with van der Waals surface area (Å²) in [5, 5.41) is 3.13. The standard InChI is InChI=1S/C14H14ClN5O/c1-16-11-10-12(19-14(15)18-11)20(8-17-10)13(21-2)9-6-4-3-5-7-9/h3-8,13H,1-2H3,(H,16,18,19). The van der Waals surface area contributed by atoms with Gasteiger partial charge in [0.05, 0.1) is 6.33 Å². The van der Waals surface area contributed by atoms with Gasteiger partial charge >= 0.3 is 0 Å². The topological polar surface area (TPSA) is 64.9 Å². The monoisotopic (exact) mass is 303 g/mol. The zero-order valence-electron chi connectivity index (χ0n) is 11.6. The van der Waals surface area contributed by atoms with Gasteiger partial charge in [-0.15, -0.1) is 0 Å². The Labute approximate surface area is 126 Å². The van der Waals surface area contributed by atoms with Crippen LogP contribution in [0.2, 0.25) is 5.28 Å². The van der Waals surface area contributed by atoms with Crippen molar-refractivity contribution in [1.82, 2.24) is 19.5 Å². The molecule has 1 N–H and O–H groups in total. The first-order valence-corrected chi connectivity index (χ1v) is 6.78. The van der Waals surface area contributed by atoms with E-state index in [0.717, 1.165) is 5.56 Å². The molecule has 0 spiro atoms. The van der Waals surface area contributed by atoms with Gasteiger partial charge in [0.1, 0.15) is 0 Å². The minimum absolute atomic E-state index is 0.163. The van der Waals surface area contributed by atoms with Gasteiger partial charge in [0.25, 0.3) is 0 Å². The lowest BCUT2D eigenvalue weighted by atomic mass is 10.2. The Morgan fingerprint density at radius 1 is 1.24 bits per heavy atom. The number of halogens is 1. The van der Waals surface area contributed by atoms with E-state index in [0.29, 0.717) is 17.0 Å². The van der Waals surface area contributed by atoms with Crippen LogP contribution in [0, 0.1) is 0 Å². The van der Waals surface area contributed by atoms with Gasteiger partial charge in [0, 0.05) is 19.7 Å². The number of nitrogens with one attached hydrogen (secondary N) is 1. The molecular weight excluding hydrogens is 290 g/mol. The SMILES string of the molecule is CNc1nc(Cl)nc2c1ncn2C(OC)c1ccccc1. The first-order valence-electron chi connectivity index (χ1n) is 6.40. The van der Waals surface area contributed by atoms with Crippen LogP contribution in [-0.4, -0.2) is 33.7 Å². The smallest absolute Gasteiger partial charge is 0.226 e. The lowest BCUT2D eigenvalue weighted by molar-refractivity contribution is 0.0813. The Morgan fingerprint density at radius 2 is 2.00 bits per heavy atom. The number of hydrogen-bond donors (Lipinski definition) is 1. The summed E-state index contributed by atoms with van der Waals surface area (Å²) in [6.45, 7) is 0. The molecule has 3 aromatic rings. The fourth-order valence-corrected chi connectivity index (χ4v) is 2.43. The molecule has 1 aromatic carbocycles. The first-order chi connectivity index (χ1) is 10.2. The molecule has 0 aliphatic heterocycles. The molecule has 21 heavy (non-hydrogen) atoms. The van der Waals surface area contributed by atoms with Crippen molar-refractivity contribution in [3.05, 3.63) is 47.5 Å². The van der Waals surface area contributed by atoms with E-state index in [-0.39, 0.29) is 11.5 Å². The molecule has 2 aromatic heterocycles. The average molecular weight is 304 g/mol. The Bertz CT molecular complexity index is 759. The van der Waals surface area contributed by atoms with E-state index in [9.17, 15) is 0 Å². The normalized spacial score (nSPS) is 12.5. The Balaban J connectivity index is 2.18. The maximum Gasteiger partial charge on any atom is 0.226 e. The number of anilines is 1. The fraction of sp³-hybridized carbons (Fsp3) is 0.214. The van der Waals surface area contributed by atoms with Crippen molar-refractivity contribution < 1.29 is 4.74 Å². The Hall–Kier alpha value is -2.18. The highest BCUT2D eigenvalue weighted by Gasteiger charge is 2.19. The molecule has 0 saturated heterocycles. The maximum absolute atomic E-state index is 5.98. The zero-order valence-corrected chi connectivity index (χ0v) is 12.4. The number of imidazole rings is 1. The second-order valence-corrected chi connectivity index (χ2v) is 4.75. The van der Waals surface area contributed by atoms with Crippen LogP contribution in [-0.2, 0) is 4.74 Å². The highest BCUT2D eigenvalue weighted by molar-refractivity contribution is 6.28. The van der Waals surface area contributed by atoms with E-state index in [2.05, 4.69) is 20.3 Å². The maximum atomic E-state index is 5.98. The molecule has 1 unspecified atom stereocenters. The quantitative estimate of drug-likeness (QED) is 0.751. The number of ether oxygens (including phenoxy) is 1. The molecule has 1 atom stereocenters. The number of nitrogens with zero attached hydrogens (tertiary/aromatic N) is 4. The van der Waals surface area contributed by atoms with Crippen LogP contribution in [0.1, 0.15) is 11.8 Å². The van der Waals surface area contributed by atoms with Gasteiger partial charge in [-0.1, -0.05) is 30.3 Å². The fourth-order valence-electron chi connectivity index (χ4n) is 2.26. The van der Waals surface area contributed by atoms with Crippen LogP contribution in [0.4, 0.5) is 5.82 Å². The highest BCUT2D eigenvalue weighted by atomic mass is 35.5. The third-order valence-electron chi connectivity index (χ3n) is 3.19. The summed E-state index contributed by atoms with van der Waals surface area (Å²) < 4.78 is 7.43.